The van der Waals surface area contributed by atoms with E-state index in [1.165, 1.54) is 0 Å². The van der Waals surface area contributed by atoms with Gasteiger partial charge in [0.05, 0.1) is 24.5 Å². The van der Waals surface area contributed by atoms with Crippen molar-refractivity contribution >= 4 is 22.5 Å². The van der Waals surface area contributed by atoms with E-state index in [2.05, 4.69) is 24.9 Å². The van der Waals surface area contributed by atoms with Gasteiger partial charge < -0.3 is 4.90 Å². The number of anilines is 1. The molecule has 2 aliphatic rings. The Morgan fingerprint density at radius 3 is 2.71 bits per heavy atom. The van der Waals surface area contributed by atoms with Crippen LogP contribution in [0.1, 0.15) is 26.7 Å². The van der Waals surface area contributed by atoms with Crippen LogP contribution in [0.2, 0.25) is 0 Å². The summed E-state index contributed by atoms with van der Waals surface area (Å²) in [5.41, 5.74) is 1.02. The molecular weight excluding hydrogens is 300 g/mol. The highest BCUT2D eigenvalue weighted by Gasteiger charge is 2.48. The van der Waals surface area contributed by atoms with Gasteiger partial charge in [0, 0.05) is 23.0 Å². The first-order valence-corrected chi connectivity index (χ1v) is 8.32. The van der Waals surface area contributed by atoms with Crippen LogP contribution in [0.5, 0.6) is 0 Å². The predicted molar refractivity (Wildman–Crippen MR) is 92.5 cm³/mol. The van der Waals surface area contributed by atoms with E-state index in [4.69, 9.17) is 0 Å². The van der Waals surface area contributed by atoms with Gasteiger partial charge in [-0.3, -0.25) is 9.88 Å². The van der Waals surface area contributed by atoms with Crippen molar-refractivity contribution in [1.82, 2.24) is 9.88 Å². The van der Waals surface area contributed by atoms with Gasteiger partial charge in [-0.1, -0.05) is 38.1 Å². The average Bonchev–Trinajstić information content (AvgIpc) is 2.88. The lowest BCUT2D eigenvalue weighted by Crippen LogP contribution is -2.50. The summed E-state index contributed by atoms with van der Waals surface area (Å²) in [6.45, 7) is 4.91. The molecule has 0 N–H and O–H groups in total. The van der Waals surface area contributed by atoms with E-state index >= 15 is 0 Å². The minimum Gasteiger partial charge on any atom is -0.318 e. The van der Waals surface area contributed by atoms with Crippen molar-refractivity contribution in [3.8, 4) is 6.07 Å². The van der Waals surface area contributed by atoms with E-state index in [1.807, 2.05) is 29.2 Å². The SMILES string of the molecule is CC1(C)CC(N2C[C@H](C#N)N(c3cncc4ccccc34)C2=O)C1. The lowest BCUT2D eigenvalue weighted by molar-refractivity contribution is 0.0583. The molecule has 122 valence electrons. The van der Waals surface area contributed by atoms with E-state index < -0.39 is 6.04 Å². The highest BCUT2D eigenvalue weighted by Crippen LogP contribution is 2.44. The smallest absolute Gasteiger partial charge is 0.318 e. The van der Waals surface area contributed by atoms with Crippen LogP contribution in [0.3, 0.4) is 0 Å². The first-order chi connectivity index (χ1) is 11.5. The van der Waals surface area contributed by atoms with E-state index in [0.29, 0.717) is 12.0 Å². The Kier molecular flexibility index (Phi) is 3.24. The normalized spacial score (nSPS) is 23.4. The van der Waals surface area contributed by atoms with Crippen molar-refractivity contribution in [3.05, 3.63) is 36.7 Å². The topological polar surface area (TPSA) is 60.2 Å². The summed E-state index contributed by atoms with van der Waals surface area (Å²) in [6, 6.07) is 9.85. The molecule has 2 fully saturated rings. The summed E-state index contributed by atoms with van der Waals surface area (Å²) in [6.07, 6.45) is 5.47. The second-order valence-electron chi connectivity index (χ2n) is 7.56. The quantitative estimate of drug-likeness (QED) is 0.850. The number of benzene rings is 1. The Bertz CT molecular complexity index is 841. The molecule has 2 amide bonds. The predicted octanol–water partition coefficient (Wildman–Crippen LogP) is 3.56. The van der Waals surface area contributed by atoms with Crippen LogP contribution in [0.4, 0.5) is 10.5 Å². The largest absolute Gasteiger partial charge is 0.326 e. The molecule has 0 spiro atoms. The number of pyridine rings is 1. The van der Waals surface area contributed by atoms with Gasteiger partial charge in [0.25, 0.3) is 0 Å². The standard InChI is InChI=1S/C19H20N4O/c1-19(2)7-14(8-19)22-12-15(9-20)23(18(22)24)17-11-21-10-13-5-3-4-6-16(13)17/h3-6,10-11,14-15H,7-8,12H2,1-2H3/t15-/m0/s1. The highest BCUT2D eigenvalue weighted by molar-refractivity contribution is 6.04. The van der Waals surface area contributed by atoms with Gasteiger partial charge in [0.2, 0.25) is 0 Å². The van der Waals surface area contributed by atoms with Gasteiger partial charge in [-0.15, -0.1) is 0 Å². The zero-order valence-electron chi connectivity index (χ0n) is 13.9. The number of aromatic nitrogens is 1. The Labute approximate surface area is 141 Å². The Morgan fingerprint density at radius 2 is 2.00 bits per heavy atom. The number of nitriles is 1. The molecule has 1 saturated carbocycles. The molecule has 0 unspecified atom stereocenters. The second-order valence-corrected chi connectivity index (χ2v) is 7.56. The molecule has 5 nitrogen and oxygen atoms in total. The summed E-state index contributed by atoms with van der Waals surface area (Å²) in [5.74, 6) is 0. The Hall–Kier alpha value is -2.61. The molecule has 2 heterocycles. The third-order valence-corrected chi connectivity index (χ3v) is 5.21. The third kappa shape index (κ3) is 2.22. The number of nitrogens with zero attached hydrogens (tertiary/aromatic N) is 4. The molecule has 1 aliphatic heterocycles. The Morgan fingerprint density at radius 1 is 1.25 bits per heavy atom. The summed E-state index contributed by atoms with van der Waals surface area (Å²) in [5, 5.41) is 11.5. The van der Waals surface area contributed by atoms with Crippen LogP contribution >= 0.6 is 0 Å². The van der Waals surface area contributed by atoms with Gasteiger partial charge >= 0.3 is 6.03 Å². The third-order valence-electron chi connectivity index (χ3n) is 5.21. The van der Waals surface area contributed by atoms with E-state index in [-0.39, 0.29) is 12.1 Å². The fourth-order valence-electron chi connectivity index (χ4n) is 4.02. The molecule has 1 saturated heterocycles. The van der Waals surface area contributed by atoms with Crippen LogP contribution in [0.15, 0.2) is 36.7 Å². The van der Waals surface area contributed by atoms with Crippen molar-refractivity contribution in [2.45, 2.75) is 38.8 Å². The minimum atomic E-state index is -0.464. The van der Waals surface area contributed by atoms with Crippen LogP contribution in [0, 0.1) is 16.7 Å². The van der Waals surface area contributed by atoms with Crippen molar-refractivity contribution in [3.63, 3.8) is 0 Å². The van der Waals surface area contributed by atoms with E-state index in [1.54, 1.807) is 17.3 Å². The van der Waals surface area contributed by atoms with Crippen molar-refractivity contribution in [2.75, 3.05) is 11.4 Å². The molecule has 24 heavy (non-hydrogen) atoms. The van der Waals surface area contributed by atoms with Crippen LogP contribution < -0.4 is 4.90 Å². The maximum atomic E-state index is 13.0. The second kappa shape index (κ2) is 5.20. The maximum absolute atomic E-state index is 13.0. The fourth-order valence-corrected chi connectivity index (χ4v) is 4.02. The molecule has 1 aromatic carbocycles. The number of rotatable bonds is 2. The van der Waals surface area contributed by atoms with Gasteiger partial charge in [-0.2, -0.15) is 5.26 Å². The van der Waals surface area contributed by atoms with Gasteiger partial charge in [0.15, 0.2) is 0 Å². The molecule has 0 bridgehead atoms. The number of hydrogen-bond donors (Lipinski definition) is 0. The first kappa shape index (κ1) is 14.9. The molecule has 5 heteroatoms. The minimum absolute atomic E-state index is 0.0693. The van der Waals surface area contributed by atoms with Gasteiger partial charge in [-0.25, -0.2) is 4.79 Å². The van der Waals surface area contributed by atoms with E-state index in [0.717, 1.165) is 29.3 Å². The Balaban J connectivity index is 1.71. The van der Waals surface area contributed by atoms with Crippen LogP contribution in [-0.4, -0.2) is 34.5 Å². The number of hydrogen-bond acceptors (Lipinski definition) is 3. The summed E-state index contributed by atoms with van der Waals surface area (Å²) in [7, 11) is 0. The van der Waals surface area contributed by atoms with Crippen molar-refractivity contribution in [2.24, 2.45) is 5.41 Å². The molecule has 1 atom stereocenters. The number of urea groups is 1. The molecule has 2 aromatic rings. The summed E-state index contributed by atoms with van der Waals surface area (Å²) < 4.78 is 0. The molecule has 0 radical (unpaired) electrons. The first-order valence-electron chi connectivity index (χ1n) is 8.32. The average molecular weight is 320 g/mol. The zero-order valence-corrected chi connectivity index (χ0v) is 13.9. The summed E-state index contributed by atoms with van der Waals surface area (Å²) >= 11 is 0. The van der Waals surface area contributed by atoms with Crippen molar-refractivity contribution in [1.29, 1.82) is 5.26 Å². The summed E-state index contributed by atoms with van der Waals surface area (Å²) in [4.78, 5) is 20.8. The molecular formula is C19H20N4O. The number of fused-ring (bicyclic) bond motifs is 1. The molecule has 1 aliphatic carbocycles. The van der Waals surface area contributed by atoms with Crippen molar-refractivity contribution < 1.29 is 4.79 Å². The molecule has 1 aromatic heterocycles. The number of carbonyl (C=O) groups is 1. The van der Waals surface area contributed by atoms with E-state index in [9.17, 15) is 10.1 Å². The monoisotopic (exact) mass is 320 g/mol. The maximum Gasteiger partial charge on any atom is 0.326 e. The lowest BCUT2D eigenvalue weighted by atomic mass is 9.68. The lowest BCUT2D eigenvalue weighted by Gasteiger charge is -2.46. The number of amides is 2. The van der Waals surface area contributed by atoms with Gasteiger partial charge in [0.1, 0.15) is 6.04 Å². The fraction of sp³-hybridized carbons (Fsp3) is 0.421. The van der Waals surface area contributed by atoms with Crippen LogP contribution in [-0.2, 0) is 0 Å². The molecule has 4 rings (SSSR count). The zero-order chi connectivity index (χ0) is 16.9. The van der Waals surface area contributed by atoms with Crippen LogP contribution in [0.25, 0.3) is 10.8 Å². The van der Waals surface area contributed by atoms with Gasteiger partial charge in [-0.05, 0) is 18.3 Å². The number of carbonyl (C=O) groups excluding carboxylic acids is 1. The highest BCUT2D eigenvalue weighted by atomic mass is 16.2.